The summed E-state index contributed by atoms with van der Waals surface area (Å²) in [6.45, 7) is 0. The van der Waals surface area contributed by atoms with Gasteiger partial charge in [0.05, 0.1) is 16.9 Å². The average Bonchev–Trinajstić information content (AvgIpc) is 2.62. The van der Waals surface area contributed by atoms with E-state index in [9.17, 15) is 13.2 Å². The first-order chi connectivity index (χ1) is 12.4. The highest BCUT2D eigenvalue weighted by atomic mass is 32.2. The summed E-state index contributed by atoms with van der Waals surface area (Å²) < 4.78 is 30.6. The van der Waals surface area contributed by atoms with E-state index < -0.39 is 16.1 Å². The molecule has 26 heavy (non-hydrogen) atoms. The smallest absolute Gasteiger partial charge is 0.308 e. The Kier molecular flexibility index (Phi) is 7.38. The fourth-order valence-corrected chi connectivity index (χ4v) is 3.13. The van der Waals surface area contributed by atoms with Crippen LogP contribution in [-0.2, 0) is 19.3 Å². The molecule has 0 saturated carbocycles. The number of nitrogens with one attached hydrogen (secondary N) is 4. The third-order valence-electron chi connectivity index (χ3n) is 3.01. The van der Waals surface area contributed by atoms with Gasteiger partial charge in [-0.3, -0.25) is 0 Å². The minimum Gasteiger partial charge on any atom is -0.308 e. The fourth-order valence-electron chi connectivity index (χ4n) is 1.87. The van der Waals surface area contributed by atoms with Crippen molar-refractivity contribution in [3.05, 3.63) is 48.5 Å². The van der Waals surface area contributed by atoms with Gasteiger partial charge in [0.1, 0.15) is 0 Å². The summed E-state index contributed by atoms with van der Waals surface area (Å²) in [5.41, 5.74) is 3.23. The number of hydrogen-bond donors (Lipinski definition) is 4. The van der Waals surface area contributed by atoms with E-state index in [0.717, 1.165) is 12.0 Å². The van der Waals surface area contributed by atoms with Crippen molar-refractivity contribution in [3.63, 3.8) is 0 Å². The van der Waals surface area contributed by atoms with E-state index in [1.807, 2.05) is 0 Å². The zero-order chi connectivity index (χ0) is 19.0. The molecule has 0 bridgehead atoms. The monoisotopic (exact) mass is 398 g/mol. The molecular formula is C15H18N4O5S2. The lowest BCUT2D eigenvalue weighted by Crippen LogP contribution is -2.21. The first kappa shape index (κ1) is 20.2. The van der Waals surface area contributed by atoms with Crippen molar-refractivity contribution in [3.8, 4) is 0 Å². The zero-order valence-corrected chi connectivity index (χ0v) is 15.6. The number of sulfonamides is 1. The fraction of sp³-hybridized carbons (Fsp3) is 0.133. The van der Waals surface area contributed by atoms with Crippen molar-refractivity contribution in [2.45, 2.75) is 9.79 Å². The average molecular weight is 398 g/mol. The van der Waals surface area contributed by atoms with Crippen LogP contribution in [0, 0.1) is 0 Å². The van der Waals surface area contributed by atoms with Crippen molar-refractivity contribution in [1.29, 1.82) is 0 Å². The van der Waals surface area contributed by atoms with Gasteiger partial charge in [-0.05, 0) is 43.4 Å². The largest absolute Gasteiger partial charge is 0.323 e. The highest BCUT2D eigenvalue weighted by Crippen LogP contribution is 2.22. The maximum absolute atomic E-state index is 12.1. The number of carbonyl (C=O) groups excluding carboxylic acids is 1. The summed E-state index contributed by atoms with van der Waals surface area (Å²) in [6, 6.07) is 12.3. The van der Waals surface area contributed by atoms with Gasteiger partial charge >= 0.3 is 6.03 Å². The molecule has 0 saturated heterocycles. The van der Waals surface area contributed by atoms with Gasteiger partial charge in [-0.1, -0.05) is 12.1 Å². The van der Waals surface area contributed by atoms with E-state index in [0.29, 0.717) is 16.3 Å². The van der Waals surface area contributed by atoms with E-state index in [1.54, 1.807) is 37.4 Å². The molecule has 0 aliphatic heterocycles. The summed E-state index contributed by atoms with van der Waals surface area (Å²) >= 11 is 0.967. The van der Waals surface area contributed by atoms with Gasteiger partial charge in [0.15, 0.2) is 0 Å². The van der Waals surface area contributed by atoms with Crippen molar-refractivity contribution in [1.82, 2.24) is 10.2 Å². The van der Waals surface area contributed by atoms with Gasteiger partial charge in [-0.25, -0.2) is 17.9 Å². The zero-order valence-electron chi connectivity index (χ0n) is 14.0. The van der Waals surface area contributed by atoms with E-state index in [2.05, 4.69) is 25.8 Å². The summed E-state index contributed by atoms with van der Waals surface area (Å²) in [4.78, 5) is 17.4. The number of carbonyl (C=O) groups is 1. The van der Waals surface area contributed by atoms with Crippen molar-refractivity contribution in [2.75, 3.05) is 24.7 Å². The molecule has 2 amide bonds. The SMILES string of the molecule is CNOOSc1cccc(NC(=O)Nc2cccc(S(=O)(=O)NC)c2)c1. The Morgan fingerprint density at radius 1 is 1.00 bits per heavy atom. The standard InChI is InChI=1S/C15H18N4O5S2/c1-16-23-24-25-13-7-3-5-11(9-13)18-15(20)19-12-6-4-8-14(10-12)26(21,22)17-2/h3-10,16-17H,1-2H3,(H2,18,19,20). The molecule has 9 nitrogen and oxygen atoms in total. The quantitative estimate of drug-likeness (QED) is 0.233. The Morgan fingerprint density at radius 3 is 2.31 bits per heavy atom. The Morgan fingerprint density at radius 2 is 1.65 bits per heavy atom. The van der Waals surface area contributed by atoms with Crippen LogP contribution in [0.1, 0.15) is 0 Å². The summed E-state index contributed by atoms with van der Waals surface area (Å²) in [6.07, 6.45) is 0. The summed E-state index contributed by atoms with van der Waals surface area (Å²) in [5.74, 6) is 0. The van der Waals surface area contributed by atoms with E-state index in [1.165, 1.54) is 25.2 Å². The second-order valence-electron chi connectivity index (χ2n) is 4.78. The first-order valence-corrected chi connectivity index (χ1v) is 9.55. The second kappa shape index (κ2) is 9.52. The van der Waals surface area contributed by atoms with Crippen LogP contribution in [0.25, 0.3) is 0 Å². The molecule has 0 fully saturated rings. The molecule has 4 N–H and O–H groups in total. The number of urea groups is 1. The third kappa shape index (κ3) is 5.98. The number of anilines is 2. The normalized spacial score (nSPS) is 11.2. The molecule has 2 aromatic rings. The lowest BCUT2D eigenvalue weighted by atomic mass is 10.3. The highest BCUT2D eigenvalue weighted by molar-refractivity contribution is 7.94. The van der Waals surface area contributed by atoms with Gasteiger partial charge in [0, 0.05) is 23.3 Å². The van der Waals surface area contributed by atoms with E-state index in [-0.39, 0.29) is 4.90 Å². The second-order valence-corrected chi connectivity index (χ2v) is 7.44. The van der Waals surface area contributed by atoms with Crippen LogP contribution in [0.4, 0.5) is 16.2 Å². The van der Waals surface area contributed by atoms with Crippen LogP contribution in [-0.4, -0.2) is 28.5 Å². The lowest BCUT2D eigenvalue weighted by Gasteiger charge is -2.10. The Balaban J connectivity index is 2.01. The molecule has 2 aromatic carbocycles. The van der Waals surface area contributed by atoms with Gasteiger partial charge < -0.3 is 10.6 Å². The molecule has 140 valence electrons. The van der Waals surface area contributed by atoms with Crippen LogP contribution in [0.15, 0.2) is 58.3 Å². The van der Waals surface area contributed by atoms with E-state index >= 15 is 0 Å². The van der Waals surface area contributed by atoms with Crippen LogP contribution in [0.2, 0.25) is 0 Å². The maximum Gasteiger partial charge on any atom is 0.323 e. The lowest BCUT2D eigenvalue weighted by molar-refractivity contribution is -0.237. The number of hydrogen-bond acceptors (Lipinski definition) is 7. The van der Waals surface area contributed by atoms with Crippen LogP contribution < -0.4 is 20.8 Å². The molecule has 0 aromatic heterocycles. The van der Waals surface area contributed by atoms with Gasteiger partial charge in [0.25, 0.3) is 0 Å². The molecule has 11 heteroatoms. The van der Waals surface area contributed by atoms with Gasteiger partial charge in [-0.2, -0.15) is 5.48 Å². The Labute approximate surface area is 155 Å². The summed E-state index contributed by atoms with van der Waals surface area (Å²) in [7, 11) is -0.714. The topological polar surface area (TPSA) is 118 Å². The van der Waals surface area contributed by atoms with Crippen molar-refractivity contribution in [2.24, 2.45) is 0 Å². The molecule has 0 unspecified atom stereocenters. The minimum atomic E-state index is -3.59. The maximum atomic E-state index is 12.1. The molecular weight excluding hydrogens is 380 g/mol. The predicted molar refractivity (Wildman–Crippen MR) is 98.9 cm³/mol. The highest BCUT2D eigenvalue weighted by Gasteiger charge is 2.12. The van der Waals surface area contributed by atoms with E-state index in [4.69, 9.17) is 4.33 Å². The van der Waals surface area contributed by atoms with Crippen LogP contribution >= 0.6 is 12.0 Å². The molecule has 2 rings (SSSR count). The number of hydroxylamine groups is 1. The van der Waals surface area contributed by atoms with Gasteiger partial charge in [-0.15, -0.1) is 9.32 Å². The molecule has 0 aliphatic carbocycles. The summed E-state index contributed by atoms with van der Waals surface area (Å²) in [5, 5.41) is 5.24. The molecule has 0 heterocycles. The van der Waals surface area contributed by atoms with Crippen LogP contribution in [0.5, 0.6) is 0 Å². The molecule has 0 atom stereocenters. The van der Waals surface area contributed by atoms with Crippen molar-refractivity contribution < 1.29 is 22.5 Å². The van der Waals surface area contributed by atoms with Crippen molar-refractivity contribution >= 4 is 39.5 Å². The van der Waals surface area contributed by atoms with Crippen LogP contribution in [0.3, 0.4) is 0 Å². The molecule has 0 aliphatic rings. The van der Waals surface area contributed by atoms with Gasteiger partial charge in [0.2, 0.25) is 10.0 Å². The Bertz CT molecular complexity index is 861. The molecule has 0 radical (unpaired) electrons. The number of amides is 2. The molecule has 0 spiro atoms. The third-order valence-corrected chi connectivity index (χ3v) is 5.00. The first-order valence-electron chi connectivity index (χ1n) is 7.33. The number of benzene rings is 2. The minimum absolute atomic E-state index is 0.0536. The Hall–Kier alpha value is -2.15. The predicted octanol–water partition coefficient (Wildman–Crippen LogP) is 2.33. The number of rotatable bonds is 8.